The number of carbonyl (C=O) groups excluding carboxylic acids is 1. The predicted molar refractivity (Wildman–Crippen MR) is 118 cm³/mol. The molecule has 0 amide bonds. The van der Waals surface area contributed by atoms with Gasteiger partial charge >= 0.3 is 5.97 Å². The van der Waals surface area contributed by atoms with Crippen LogP contribution in [-0.2, 0) is 15.1 Å². The lowest BCUT2D eigenvalue weighted by Gasteiger charge is -2.37. The maximum atomic E-state index is 12.9. The lowest BCUT2D eigenvalue weighted by atomic mass is 9.89. The van der Waals surface area contributed by atoms with Crippen LogP contribution in [0.3, 0.4) is 0 Å². The molecule has 0 aromatic heterocycles. The van der Waals surface area contributed by atoms with Crippen molar-refractivity contribution in [1.29, 1.82) is 0 Å². The fourth-order valence-corrected chi connectivity index (χ4v) is 5.14. The first kappa shape index (κ1) is 19.7. The number of ether oxygens (including phenoxy) is 1. The van der Waals surface area contributed by atoms with Crippen LogP contribution >= 0.6 is 23.5 Å². The molecule has 1 aliphatic heterocycles. The second-order valence-corrected chi connectivity index (χ2v) is 8.85. The maximum absolute atomic E-state index is 12.9. The number of hydrogen-bond acceptors (Lipinski definition) is 5. The monoisotopic (exact) mass is 420 g/mol. The van der Waals surface area contributed by atoms with Crippen molar-refractivity contribution in [2.75, 3.05) is 5.75 Å². The van der Waals surface area contributed by atoms with Gasteiger partial charge in [0.1, 0.15) is 10.7 Å². The molecule has 3 nitrogen and oxygen atoms in total. The summed E-state index contributed by atoms with van der Waals surface area (Å²) in [4.78, 5) is 15.2. The summed E-state index contributed by atoms with van der Waals surface area (Å²) in [6.07, 6.45) is 0.248. The third kappa shape index (κ3) is 4.52. The van der Waals surface area contributed by atoms with E-state index >= 15 is 0 Å². The van der Waals surface area contributed by atoms with Crippen LogP contribution in [-0.4, -0.2) is 16.8 Å². The van der Waals surface area contributed by atoms with E-state index in [0.29, 0.717) is 5.75 Å². The van der Waals surface area contributed by atoms with Gasteiger partial charge in [-0.05, 0) is 29.8 Å². The van der Waals surface area contributed by atoms with E-state index in [0.717, 1.165) is 15.4 Å². The zero-order valence-electron chi connectivity index (χ0n) is 15.7. The van der Waals surface area contributed by atoms with E-state index in [1.165, 1.54) is 11.8 Å². The second kappa shape index (κ2) is 8.80. The van der Waals surface area contributed by atoms with E-state index in [4.69, 9.17) is 4.74 Å². The van der Waals surface area contributed by atoms with Gasteiger partial charge in [0.25, 0.3) is 0 Å². The molecule has 0 bridgehead atoms. The third-order valence-corrected chi connectivity index (χ3v) is 7.00. The molecule has 0 radical (unpaired) electrons. The van der Waals surface area contributed by atoms with Crippen LogP contribution in [0.5, 0.6) is 0 Å². The first-order valence-electron chi connectivity index (χ1n) is 9.28. The van der Waals surface area contributed by atoms with Crippen LogP contribution in [0, 0.1) is 0 Å². The van der Waals surface area contributed by atoms with Crippen LogP contribution in [0.15, 0.2) is 111 Å². The summed E-state index contributed by atoms with van der Waals surface area (Å²) in [5, 5.41) is 10.8. The van der Waals surface area contributed by atoms with E-state index < -0.39 is 11.6 Å². The van der Waals surface area contributed by atoms with Gasteiger partial charge in [0, 0.05) is 15.5 Å². The molecule has 0 saturated carbocycles. The first-order chi connectivity index (χ1) is 14.2. The minimum atomic E-state index is -0.913. The van der Waals surface area contributed by atoms with Crippen LogP contribution in [0.4, 0.5) is 0 Å². The fourth-order valence-electron chi connectivity index (χ4n) is 3.22. The predicted octanol–water partition coefficient (Wildman–Crippen LogP) is 6.18. The second-order valence-electron chi connectivity index (χ2n) is 6.72. The molecule has 1 heterocycles. The van der Waals surface area contributed by atoms with Gasteiger partial charge in [0.15, 0.2) is 5.60 Å². The Morgan fingerprint density at radius 2 is 1.38 bits per heavy atom. The molecule has 1 aliphatic rings. The Morgan fingerprint density at radius 3 is 1.97 bits per heavy atom. The molecule has 3 aromatic rings. The SMILES string of the molecule is O=C1OC(CSc2ccccc2)(c2ccccc2)CC(O)=C1Sc1ccccc1. The zero-order chi connectivity index (χ0) is 20.1. The molecule has 4 rings (SSSR count). The molecular formula is C24H20O3S2. The van der Waals surface area contributed by atoms with Gasteiger partial charge in [0.05, 0.1) is 6.42 Å². The molecule has 0 aliphatic carbocycles. The van der Waals surface area contributed by atoms with Crippen molar-refractivity contribution in [2.24, 2.45) is 0 Å². The van der Waals surface area contributed by atoms with E-state index in [9.17, 15) is 9.90 Å². The number of aliphatic hydroxyl groups excluding tert-OH is 1. The molecule has 0 fully saturated rings. The number of rotatable bonds is 6. The Kier molecular flexibility index (Phi) is 5.97. The highest BCUT2D eigenvalue weighted by atomic mass is 32.2. The molecule has 0 spiro atoms. The molecule has 146 valence electrons. The van der Waals surface area contributed by atoms with Gasteiger partial charge in [-0.15, -0.1) is 11.8 Å². The van der Waals surface area contributed by atoms with Crippen molar-refractivity contribution >= 4 is 29.5 Å². The summed E-state index contributed by atoms with van der Waals surface area (Å²) in [5.74, 6) is 0.104. The first-order valence-corrected chi connectivity index (χ1v) is 11.1. The Balaban J connectivity index is 1.64. The van der Waals surface area contributed by atoms with E-state index in [1.54, 1.807) is 11.8 Å². The quantitative estimate of drug-likeness (QED) is 0.381. The molecule has 1 N–H and O–H groups in total. The number of benzene rings is 3. The summed E-state index contributed by atoms with van der Waals surface area (Å²) < 4.78 is 6.04. The van der Waals surface area contributed by atoms with Crippen LogP contribution in [0.25, 0.3) is 0 Å². The third-order valence-electron chi connectivity index (χ3n) is 4.67. The highest BCUT2D eigenvalue weighted by Gasteiger charge is 2.43. The van der Waals surface area contributed by atoms with Crippen molar-refractivity contribution in [3.8, 4) is 0 Å². The topological polar surface area (TPSA) is 46.5 Å². The summed E-state index contributed by atoms with van der Waals surface area (Å²) in [6, 6.07) is 29.2. The van der Waals surface area contributed by atoms with Gasteiger partial charge in [-0.3, -0.25) is 0 Å². The molecular weight excluding hydrogens is 400 g/mol. The average molecular weight is 421 g/mol. The Labute approximate surface area is 178 Å². The Hall–Kier alpha value is -2.63. The standard InChI is InChI=1S/C24H20O3S2/c25-21-16-24(18-10-4-1-5-11-18,17-28-19-12-6-2-7-13-19)27-23(26)22(21)29-20-14-8-3-9-15-20/h1-15,25H,16-17H2. The average Bonchev–Trinajstić information content (AvgIpc) is 2.77. The summed E-state index contributed by atoms with van der Waals surface area (Å²) in [7, 11) is 0. The van der Waals surface area contributed by atoms with E-state index in [-0.39, 0.29) is 17.1 Å². The van der Waals surface area contributed by atoms with E-state index in [1.807, 2.05) is 91.0 Å². The summed E-state index contributed by atoms with van der Waals surface area (Å²) >= 11 is 2.85. The summed E-state index contributed by atoms with van der Waals surface area (Å²) in [5.41, 5.74) is -0.0314. The lowest BCUT2D eigenvalue weighted by molar-refractivity contribution is -0.156. The highest BCUT2D eigenvalue weighted by Crippen LogP contribution is 2.44. The van der Waals surface area contributed by atoms with Gasteiger partial charge in [-0.25, -0.2) is 4.79 Å². The Bertz CT molecular complexity index is 1000. The number of hydrogen-bond donors (Lipinski definition) is 1. The minimum absolute atomic E-state index is 0.0765. The summed E-state index contributed by atoms with van der Waals surface area (Å²) in [6.45, 7) is 0. The smallest absolute Gasteiger partial charge is 0.349 e. The number of aliphatic hydroxyl groups is 1. The van der Waals surface area contributed by atoms with Crippen molar-refractivity contribution in [2.45, 2.75) is 21.8 Å². The zero-order valence-corrected chi connectivity index (χ0v) is 17.3. The van der Waals surface area contributed by atoms with Crippen LogP contribution in [0.2, 0.25) is 0 Å². The molecule has 3 aromatic carbocycles. The van der Waals surface area contributed by atoms with Gasteiger partial charge in [-0.2, -0.15) is 0 Å². The molecule has 29 heavy (non-hydrogen) atoms. The highest BCUT2D eigenvalue weighted by molar-refractivity contribution is 8.04. The lowest BCUT2D eigenvalue weighted by Crippen LogP contribution is -2.39. The van der Waals surface area contributed by atoms with Gasteiger partial charge in [-0.1, -0.05) is 78.5 Å². The molecule has 5 heteroatoms. The molecule has 1 atom stereocenters. The Morgan fingerprint density at radius 1 is 0.828 bits per heavy atom. The molecule has 1 unspecified atom stereocenters. The fraction of sp³-hybridized carbons (Fsp3) is 0.125. The number of thioether (sulfide) groups is 2. The van der Waals surface area contributed by atoms with Crippen molar-refractivity contribution in [3.05, 3.63) is 107 Å². The maximum Gasteiger partial charge on any atom is 0.349 e. The van der Waals surface area contributed by atoms with Crippen LogP contribution in [0.1, 0.15) is 12.0 Å². The van der Waals surface area contributed by atoms with Crippen molar-refractivity contribution in [3.63, 3.8) is 0 Å². The van der Waals surface area contributed by atoms with Gasteiger partial charge in [0.2, 0.25) is 0 Å². The number of esters is 1. The number of cyclic esters (lactones) is 1. The molecule has 0 saturated heterocycles. The van der Waals surface area contributed by atoms with Crippen LogP contribution < -0.4 is 0 Å². The largest absolute Gasteiger partial charge is 0.511 e. The number of carbonyl (C=O) groups is 1. The van der Waals surface area contributed by atoms with Crippen molar-refractivity contribution in [1.82, 2.24) is 0 Å². The van der Waals surface area contributed by atoms with E-state index in [2.05, 4.69) is 0 Å². The van der Waals surface area contributed by atoms with Crippen molar-refractivity contribution < 1.29 is 14.6 Å². The normalized spacial score (nSPS) is 19.1. The van der Waals surface area contributed by atoms with Gasteiger partial charge < -0.3 is 9.84 Å². The minimum Gasteiger partial charge on any atom is -0.511 e.